The molecule has 0 unspecified atom stereocenters. The smallest absolute Gasteiger partial charge is 0.202 e. The van der Waals surface area contributed by atoms with Gasteiger partial charge in [0, 0.05) is 32.1 Å². The van der Waals surface area contributed by atoms with Gasteiger partial charge < -0.3 is 0 Å². The highest BCUT2D eigenvalue weighted by Gasteiger charge is 2.15. The van der Waals surface area contributed by atoms with Crippen molar-refractivity contribution in [1.29, 1.82) is 0 Å². The van der Waals surface area contributed by atoms with Crippen molar-refractivity contribution in [3.05, 3.63) is 0 Å². The van der Waals surface area contributed by atoms with Crippen molar-refractivity contribution in [3.8, 4) is 0 Å². The second-order valence-electron chi connectivity index (χ2n) is 3.88. The van der Waals surface area contributed by atoms with Gasteiger partial charge in [0.1, 0.15) is 17.3 Å². The molecule has 0 heterocycles. The topological polar surface area (TPSA) is 122 Å². The molecule has 0 fully saturated rings. The van der Waals surface area contributed by atoms with Crippen molar-refractivity contribution in [1.82, 2.24) is 0 Å². The minimum absolute atomic E-state index is 0.0443. The van der Waals surface area contributed by atoms with E-state index in [0.717, 1.165) is 0 Å². The Morgan fingerprint density at radius 1 is 0.889 bits per heavy atom. The number of hydrogen-bond donors (Lipinski definition) is 2. The molecule has 0 aromatic rings. The Labute approximate surface area is 106 Å². The van der Waals surface area contributed by atoms with Crippen LogP contribution in [0.3, 0.4) is 0 Å². The fraction of sp³-hybridized carbons (Fsp3) is 0.727. The van der Waals surface area contributed by atoms with E-state index in [4.69, 9.17) is 11.8 Å². The van der Waals surface area contributed by atoms with E-state index < -0.39 is 6.29 Å². The highest BCUT2D eigenvalue weighted by molar-refractivity contribution is 5.89. The summed E-state index contributed by atoms with van der Waals surface area (Å²) in [6.45, 7) is 1.75. The van der Waals surface area contributed by atoms with E-state index in [0.29, 0.717) is 6.42 Å². The van der Waals surface area contributed by atoms with Crippen LogP contribution < -0.4 is 11.8 Å². The maximum absolute atomic E-state index is 11.4. The Morgan fingerprint density at radius 3 is 1.78 bits per heavy atom. The fourth-order valence-electron chi connectivity index (χ4n) is 1.28. The predicted molar refractivity (Wildman–Crippen MR) is 62.7 cm³/mol. The van der Waals surface area contributed by atoms with E-state index in [1.165, 1.54) is 0 Å². The van der Waals surface area contributed by atoms with Crippen molar-refractivity contribution >= 4 is 17.3 Å². The van der Waals surface area contributed by atoms with Crippen LogP contribution in [0.4, 0.5) is 0 Å². The lowest BCUT2D eigenvalue weighted by atomic mass is 10.0. The van der Waals surface area contributed by atoms with Gasteiger partial charge in [0.15, 0.2) is 0 Å². The van der Waals surface area contributed by atoms with E-state index in [2.05, 4.69) is 9.68 Å². The van der Waals surface area contributed by atoms with Crippen molar-refractivity contribution in [2.45, 2.75) is 51.7 Å². The molecule has 7 heteroatoms. The molecule has 0 aliphatic rings. The molecule has 0 amide bonds. The van der Waals surface area contributed by atoms with E-state index in [9.17, 15) is 14.4 Å². The summed E-state index contributed by atoms with van der Waals surface area (Å²) in [7, 11) is 0. The van der Waals surface area contributed by atoms with Gasteiger partial charge in [0.05, 0.1) is 6.42 Å². The molecule has 18 heavy (non-hydrogen) atoms. The molecular weight excluding hydrogens is 240 g/mol. The van der Waals surface area contributed by atoms with Gasteiger partial charge in [-0.15, -0.1) is 0 Å². The quantitative estimate of drug-likeness (QED) is 0.401. The second-order valence-corrected chi connectivity index (χ2v) is 3.88. The monoisotopic (exact) mass is 260 g/mol. The van der Waals surface area contributed by atoms with E-state index in [1.807, 2.05) is 0 Å². The minimum atomic E-state index is -0.991. The molecule has 0 aromatic carbocycles. The zero-order valence-corrected chi connectivity index (χ0v) is 10.5. The number of rotatable bonds is 11. The standard InChI is InChI=1S/C11H20N2O5/c1-2-8(14)3-4-9(15)5-6-10(16)7-11(17-12)18-13/h11H,2-7,12-13H2,1H3. The zero-order chi connectivity index (χ0) is 14.0. The van der Waals surface area contributed by atoms with Gasteiger partial charge in [-0.1, -0.05) is 6.92 Å². The van der Waals surface area contributed by atoms with E-state index in [1.54, 1.807) is 6.92 Å². The van der Waals surface area contributed by atoms with Gasteiger partial charge in [0.2, 0.25) is 6.29 Å². The molecular formula is C11H20N2O5. The lowest BCUT2D eigenvalue weighted by molar-refractivity contribution is -0.160. The average molecular weight is 260 g/mol. The summed E-state index contributed by atoms with van der Waals surface area (Å²) in [5.74, 6) is 9.35. The summed E-state index contributed by atoms with van der Waals surface area (Å²) in [5, 5.41) is 0. The van der Waals surface area contributed by atoms with Gasteiger partial charge in [-0.3, -0.25) is 24.1 Å². The molecule has 0 saturated carbocycles. The first-order chi connectivity index (χ1) is 8.53. The van der Waals surface area contributed by atoms with Gasteiger partial charge in [-0.25, -0.2) is 11.8 Å². The van der Waals surface area contributed by atoms with Crippen LogP contribution in [0, 0.1) is 0 Å². The van der Waals surface area contributed by atoms with Crippen LogP contribution in [0.15, 0.2) is 0 Å². The van der Waals surface area contributed by atoms with E-state index in [-0.39, 0.29) is 49.5 Å². The third-order valence-electron chi connectivity index (χ3n) is 2.46. The second kappa shape index (κ2) is 9.84. The maximum Gasteiger partial charge on any atom is 0.202 e. The van der Waals surface area contributed by atoms with Crippen LogP contribution in [0.1, 0.15) is 45.4 Å². The van der Waals surface area contributed by atoms with Crippen LogP contribution >= 0.6 is 0 Å². The van der Waals surface area contributed by atoms with E-state index >= 15 is 0 Å². The number of Topliss-reactive ketones (excluding diaryl/α,β-unsaturated/α-hetero) is 3. The first-order valence-electron chi connectivity index (χ1n) is 5.79. The number of carbonyl (C=O) groups is 3. The lowest BCUT2D eigenvalue weighted by Gasteiger charge is -2.09. The number of ketones is 3. The molecule has 7 nitrogen and oxygen atoms in total. The number of carbonyl (C=O) groups excluding carboxylic acids is 3. The SMILES string of the molecule is CCC(=O)CCC(=O)CCC(=O)CC(ON)ON. The highest BCUT2D eigenvalue weighted by atomic mass is 16.8. The fourth-order valence-corrected chi connectivity index (χ4v) is 1.28. The van der Waals surface area contributed by atoms with Crippen LogP contribution in [0.25, 0.3) is 0 Å². The number of hydrogen-bond acceptors (Lipinski definition) is 7. The average Bonchev–Trinajstić information content (AvgIpc) is 2.39. The third kappa shape index (κ3) is 8.02. The van der Waals surface area contributed by atoms with Crippen molar-refractivity contribution < 1.29 is 24.1 Å². The number of nitrogens with two attached hydrogens (primary N) is 2. The van der Waals surface area contributed by atoms with Gasteiger partial charge in [-0.2, -0.15) is 0 Å². The molecule has 0 atom stereocenters. The summed E-state index contributed by atoms with van der Waals surface area (Å²) in [6, 6.07) is 0. The Hall–Kier alpha value is -1.15. The molecule has 0 aliphatic heterocycles. The van der Waals surface area contributed by atoms with Crippen LogP contribution in [0.2, 0.25) is 0 Å². The summed E-state index contributed by atoms with van der Waals surface area (Å²) in [4.78, 5) is 42.3. The molecule has 4 N–H and O–H groups in total. The Bertz CT molecular complexity index is 289. The largest absolute Gasteiger partial charge is 0.300 e. The summed E-state index contributed by atoms with van der Waals surface area (Å²) in [5.41, 5.74) is 0. The predicted octanol–water partition coefficient (Wildman–Crippen LogP) is 0.161. The van der Waals surface area contributed by atoms with Gasteiger partial charge in [-0.05, 0) is 0 Å². The van der Waals surface area contributed by atoms with Crippen molar-refractivity contribution in [2.75, 3.05) is 0 Å². The van der Waals surface area contributed by atoms with Crippen LogP contribution in [0.5, 0.6) is 0 Å². The normalized spacial score (nSPS) is 10.7. The summed E-state index contributed by atoms with van der Waals surface area (Å²) < 4.78 is 0. The Balaban J connectivity index is 3.78. The molecule has 0 spiro atoms. The zero-order valence-electron chi connectivity index (χ0n) is 10.5. The molecule has 0 bridgehead atoms. The van der Waals surface area contributed by atoms with Gasteiger partial charge in [0.25, 0.3) is 0 Å². The third-order valence-corrected chi connectivity index (χ3v) is 2.46. The Kier molecular flexibility index (Phi) is 9.21. The van der Waals surface area contributed by atoms with Gasteiger partial charge >= 0.3 is 0 Å². The minimum Gasteiger partial charge on any atom is -0.300 e. The van der Waals surface area contributed by atoms with Crippen molar-refractivity contribution in [2.24, 2.45) is 11.8 Å². The molecule has 0 rings (SSSR count). The summed E-state index contributed by atoms with van der Waals surface area (Å²) >= 11 is 0. The van der Waals surface area contributed by atoms with Crippen LogP contribution in [-0.2, 0) is 24.1 Å². The molecule has 104 valence electrons. The lowest BCUT2D eigenvalue weighted by Crippen LogP contribution is -2.27. The Morgan fingerprint density at radius 2 is 1.33 bits per heavy atom. The maximum atomic E-state index is 11.4. The first-order valence-corrected chi connectivity index (χ1v) is 5.79. The molecule has 0 aromatic heterocycles. The molecule has 0 saturated heterocycles. The van der Waals surface area contributed by atoms with Crippen molar-refractivity contribution in [3.63, 3.8) is 0 Å². The molecule has 0 aliphatic carbocycles. The molecule has 0 radical (unpaired) electrons. The van der Waals surface area contributed by atoms with Crippen LogP contribution in [-0.4, -0.2) is 23.6 Å². The highest BCUT2D eigenvalue weighted by Crippen LogP contribution is 2.05. The first kappa shape index (κ1) is 16.9. The summed E-state index contributed by atoms with van der Waals surface area (Å²) in [6.07, 6.45) is -0.0629.